The monoisotopic (exact) mass is 425 g/mol. The summed E-state index contributed by atoms with van der Waals surface area (Å²) in [5.74, 6) is 0.700. The highest BCUT2D eigenvalue weighted by atomic mass is 127. The molecule has 0 aliphatic carbocycles. The van der Waals surface area contributed by atoms with E-state index < -0.39 is 9.84 Å². The van der Waals surface area contributed by atoms with Crippen LogP contribution in [0.1, 0.15) is 16.7 Å². The second-order valence-corrected chi connectivity index (χ2v) is 7.17. The van der Waals surface area contributed by atoms with Gasteiger partial charge in [0.1, 0.15) is 9.84 Å². The van der Waals surface area contributed by atoms with E-state index in [1.807, 2.05) is 0 Å². The Labute approximate surface area is 144 Å². The van der Waals surface area contributed by atoms with Gasteiger partial charge in [-0.25, -0.2) is 8.42 Å². The number of halogens is 1. The van der Waals surface area contributed by atoms with Crippen molar-refractivity contribution in [2.75, 3.05) is 25.6 Å². The summed E-state index contributed by atoms with van der Waals surface area (Å²) >= 11 is 0. The number of nitrogens with zero attached hydrogens (tertiary/aromatic N) is 1. The third-order valence-corrected chi connectivity index (χ3v) is 3.88. The molecule has 2 N–H and O–H groups in total. The smallest absolute Gasteiger partial charge is 0.191 e. The maximum Gasteiger partial charge on any atom is 0.191 e. The lowest BCUT2D eigenvalue weighted by molar-refractivity contribution is 0.600. The number of rotatable bonds is 5. The third kappa shape index (κ3) is 8.25. The average molecular weight is 425 g/mol. The van der Waals surface area contributed by atoms with E-state index >= 15 is 0 Å². The Morgan fingerprint density at radius 1 is 1.24 bits per heavy atom. The molecule has 0 fully saturated rings. The molecule has 1 aromatic rings. The molecule has 0 radical (unpaired) electrons. The minimum atomic E-state index is -2.95. The summed E-state index contributed by atoms with van der Waals surface area (Å²) in [6.07, 6.45) is 1.22. The van der Waals surface area contributed by atoms with Crippen LogP contribution in [0.3, 0.4) is 0 Å². The molecule has 0 aromatic heterocycles. The van der Waals surface area contributed by atoms with Crippen molar-refractivity contribution in [1.82, 2.24) is 10.6 Å². The van der Waals surface area contributed by atoms with Crippen LogP contribution in [-0.4, -0.2) is 40.0 Å². The SMILES string of the molecule is CN=C(NCCS(C)(=O)=O)NCc1ccc(C)cc1C.I. The lowest BCUT2D eigenvalue weighted by Crippen LogP contribution is -2.39. The molecule has 0 aliphatic heterocycles. The summed E-state index contributed by atoms with van der Waals surface area (Å²) in [4.78, 5) is 4.07. The Kier molecular flexibility index (Phi) is 8.88. The van der Waals surface area contributed by atoms with Crippen molar-refractivity contribution >= 4 is 39.8 Å². The normalized spacial score (nSPS) is 11.7. The molecule has 1 aromatic carbocycles. The van der Waals surface area contributed by atoms with Crippen molar-refractivity contribution in [3.63, 3.8) is 0 Å². The first-order valence-corrected chi connectivity index (χ1v) is 8.56. The van der Waals surface area contributed by atoms with E-state index in [4.69, 9.17) is 0 Å². The Balaban J connectivity index is 0.00000400. The van der Waals surface area contributed by atoms with Crippen molar-refractivity contribution in [2.45, 2.75) is 20.4 Å². The number of aryl methyl sites for hydroxylation is 2. The van der Waals surface area contributed by atoms with E-state index in [0.717, 1.165) is 0 Å². The first-order chi connectivity index (χ1) is 9.31. The summed E-state index contributed by atoms with van der Waals surface area (Å²) in [7, 11) is -1.29. The van der Waals surface area contributed by atoms with Gasteiger partial charge in [0.15, 0.2) is 5.96 Å². The van der Waals surface area contributed by atoms with Gasteiger partial charge in [-0.1, -0.05) is 23.8 Å². The van der Waals surface area contributed by atoms with Gasteiger partial charge in [0, 0.05) is 26.4 Å². The van der Waals surface area contributed by atoms with Crippen LogP contribution < -0.4 is 10.6 Å². The molecule has 0 amide bonds. The van der Waals surface area contributed by atoms with Gasteiger partial charge >= 0.3 is 0 Å². The molecular formula is C14H24IN3O2S. The fraction of sp³-hybridized carbons (Fsp3) is 0.500. The number of sulfone groups is 1. The number of benzene rings is 1. The first kappa shape index (κ1) is 20.2. The van der Waals surface area contributed by atoms with Crippen LogP contribution in [0.2, 0.25) is 0 Å². The summed E-state index contributed by atoms with van der Waals surface area (Å²) in [6.45, 7) is 5.15. The van der Waals surface area contributed by atoms with Gasteiger partial charge in [0.05, 0.1) is 5.75 Å². The molecule has 21 heavy (non-hydrogen) atoms. The van der Waals surface area contributed by atoms with Crippen molar-refractivity contribution in [2.24, 2.45) is 4.99 Å². The second-order valence-electron chi connectivity index (χ2n) is 4.91. The minimum absolute atomic E-state index is 0. The highest BCUT2D eigenvalue weighted by Gasteiger charge is 2.04. The lowest BCUT2D eigenvalue weighted by atomic mass is 10.1. The molecule has 120 valence electrons. The standard InChI is InChI=1S/C14H23N3O2S.HI/c1-11-5-6-13(12(2)9-11)10-17-14(15-3)16-7-8-20(4,18)19;/h5-6,9H,7-8,10H2,1-4H3,(H2,15,16,17);1H. The third-order valence-electron chi connectivity index (χ3n) is 2.93. The van der Waals surface area contributed by atoms with Gasteiger partial charge in [-0.05, 0) is 25.0 Å². The van der Waals surface area contributed by atoms with Gasteiger partial charge in [-0.15, -0.1) is 24.0 Å². The van der Waals surface area contributed by atoms with E-state index in [0.29, 0.717) is 19.0 Å². The molecule has 0 spiro atoms. The van der Waals surface area contributed by atoms with Crippen LogP contribution >= 0.6 is 24.0 Å². The van der Waals surface area contributed by atoms with Crippen molar-refractivity contribution < 1.29 is 8.42 Å². The number of guanidine groups is 1. The summed E-state index contributed by atoms with van der Waals surface area (Å²) in [5.41, 5.74) is 3.66. The predicted molar refractivity (Wildman–Crippen MR) is 99.2 cm³/mol. The zero-order valence-corrected chi connectivity index (χ0v) is 16.1. The molecule has 0 saturated carbocycles. The quantitative estimate of drug-likeness (QED) is 0.428. The molecule has 5 nitrogen and oxygen atoms in total. The zero-order chi connectivity index (χ0) is 15.2. The van der Waals surface area contributed by atoms with Gasteiger partial charge in [-0.2, -0.15) is 0 Å². The van der Waals surface area contributed by atoms with Crippen molar-refractivity contribution in [1.29, 1.82) is 0 Å². The zero-order valence-electron chi connectivity index (χ0n) is 12.9. The molecule has 0 saturated heterocycles. The summed E-state index contributed by atoms with van der Waals surface area (Å²) in [6, 6.07) is 6.29. The minimum Gasteiger partial charge on any atom is -0.355 e. The van der Waals surface area contributed by atoms with Crippen LogP contribution in [0.25, 0.3) is 0 Å². The van der Waals surface area contributed by atoms with Crippen molar-refractivity contribution in [3.8, 4) is 0 Å². The van der Waals surface area contributed by atoms with E-state index in [1.54, 1.807) is 7.05 Å². The first-order valence-electron chi connectivity index (χ1n) is 6.50. The number of hydrogen-bond donors (Lipinski definition) is 2. The molecule has 0 unspecified atom stereocenters. The van der Waals surface area contributed by atoms with Crippen LogP contribution in [0.4, 0.5) is 0 Å². The Hall–Kier alpha value is -0.830. The van der Waals surface area contributed by atoms with E-state index in [-0.39, 0.29) is 29.7 Å². The van der Waals surface area contributed by atoms with Crippen LogP contribution in [0, 0.1) is 13.8 Å². The number of hydrogen-bond acceptors (Lipinski definition) is 3. The van der Waals surface area contributed by atoms with Crippen LogP contribution in [0.15, 0.2) is 23.2 Å². The van der Waals surface area contributed by atoms with Crippen molar-refractivity contribution in [3.05, 3.63) is 34.9 Å². The van der Waals surface area contributed by atoms with Gasteiger partial charge in [0.25, 0.3) is 0 Å². The summed E-state index contributed by atoms with van der Waals surface area (Å²) in [5, 5.41) is 6.16. The van der Waals surface area contributed by atoms with Crippen LogP contribution in [0.5, 0.6) is 0 Å². The molecular weight excluding hydrogens is 401 g/mol. The Morgan fingerprint density at radius 2 is 1.90 bits per heavy atom. The van der Waals surface area contributed by atoms with Gasteiger partial charge < -0.3 is 10.6 Å². The Morgan fingerprint density at radius 3 is 2.43 bits per heavy atom. The molecule has 0 bridgehead atoms. The second kappa shape index (κ2) is 9.24. The fourth-order valence-electron chi connectivity index (χ4n) is 1.80. The van der Waals surface area contributed by atoms with E-state index in [1.165, 1.54) is 22.9 Å². The lowest BCUT2D eigenvalue weighted by Gasteiger charge is -2.13. The number of nitrogens with one attached hydrogen (secondary N) is 2. The largest absolute Gasteiger partial charge is 0.355 e. The average Bonchev–Trinajstić information content (AvgIpc) is 2.34. The van der Waals surface area contributed by atoms with E-state index in [9.17, 15) is 8.42 Å². The van der Waals surface area contributed by atoms with Gasteiger partial charge in [-0.3, -0.25) is 4.99 Å². The summed E-state index contributed by atoms with van der Waals surface area (Å²) < 4.78 is 22.1. The molecule has 0 atom stereocenters. The molecule has 0 heterocycles. The maximum absolute atomic E-state index is 11.1. The molecule has 0 aliphatic rings. The maximum atomic E-state index is 11.1. The van der Waals surface area contributed by atoms with Gasteiger partial charge in [0.2, 0.25) is 0 Å². The highest BCUT2D eigenvalue weighted by Crippen LogP contribution is 2.09. The van der Waals surface area contributed by atoms with Crippen LogP contribution in [-0.2, 0) is 16.4 Å². The topological polar surface area (TPSA) is 70.6 Å². The highest BCUT2D eigenvalue weighted by molar-refractivity contribution is 14.0. The fourth-order valence-corrected chi connectivity index (χ4v) is 2.27. The Bertz CT molecular complexity index is 586. The molecule has 7 heteroatoms. The number of aliphatic imine (C=N–C) groups is 1. The predicted octanol–water partition coefficient (Wildman–Crippen LogP) is 1.63. The van der Waals surface area contributed by atoms with E-state index in [2.05, 4.69) is 47.7 Å². The molecule has 1 rings (SSSR count).